The molecule has 1 saturated carbocycles. The van der Waals surface area contributed by atoms with Crippen LogP contribution in [-0.4, -0.2) is 57.0 Å². The van der Waals surface area contributed by atoms with Gasteiger partial charge in [0.25, 0.3) is 5.56 Å². The number of morpholine rings is 1. The zero-order valence-corrected chi connectivity index (χ0v) is 19.4. The second-order valence-electron chi connectivity index (χ2n) is 9.64. The van der Waals surface area contributed by atoms with E-state index in [1.165, 1.54) is 6.20 Å². The Balaban J connectivity index is 1.23. The summed E-state index contributed by atoms with van der Waals surface area (Å²) in [5.41, 5.74) is 2.49. The average molecular weight is 463 g/mol. The summed E-state index contributed by atoms with van der Waals surface area (Å²) in [5, 5.41) is 3.43. The van der Waals surface area contributed by atoms with Crippen molar-refractivity contribution in [3.05, 3.63) is 47.1 Å². The van der Waals surface area contributed by atoms with E-state index in [1.54, 1.807) is 24.0 Å². The highest BCUT2D eigenvalue weighted by atomic mass is 16.5. The van der Waals surface area contributed by atoms with Gasteiger partial charge in [-0.05, 0) is 50.7 Å². The number of aromatic nitrogens is 4. The lowest BCUT2D eigenvalue weighted by Gasteiger charge is -2.34. The Morgan fingerprint density at radius 3 is 2.47 bits per heavy atom. The van der Waals surface area contributed by atoms with Gasteiger partial charge in [-0.1, -0.05) is 0 Å². The maximum atomic E-state index is 12.4. The van der Waals surface area contributed by atoms with E-state index < -0.39 is 0 Å². The maximum Gasteiger partial charge on any atom is 0.269 e. The van der Waals surface area contributed by atoms with Crippen LogP contribution in [-0.2, 0) is 11.8 Å². The van der Waals surface area contributed by atoms with Crippen molar-refractivity contribution in [2.75, 3.05) is 23.3 Å². The molecule has 1 aliphatic carbocycles. The van der Waals surface area contributed by atoms with Gasteiger partial charge >= 0.3 is 0 Å². The van der Waals surface area contributed by atoms with E-state index in [4.69, 9.17) is 9.47 Å². The molecule has 0 amide bonds. The van der Waals surface area contributed by atoms with Crippen LogP contribution in [0.25, 0.3) is 11.0 Å². The van der Waals surface area contributed by atoms with Gasteiger partial charge in [0.1, 0.15) is 11.3 Å². The number of rotatable bonds is 5. The quantitative estimate of drug-likeness (QED) is 0.619. The van der Waals surface area contributed by atoms with Crippen LogP contribution in [0.1, 0.15) is 38.5 Å². The van der Waals surface area contributed by atoms with Gasteiger partial charge in [-0.3, -0.25) is 4.79 Å². The first-order valence-corrected chi connectivity index (χ1v) is 12.2. The summed E-state index contributed by atoms with van der Waals surface area (Å²) in [5.74, 6) is 1.41. The minimum atomic E-state index is -0.134. The van der Waals surface area contributed by atoms with Gasteiger partial charge < -0.3 is 24.3 Å². The molecule has 4 heterocycles. The van der Waals surface area contributed by atoms with E-state index in [0.29, 0.717) is 24.2 Å². The van der Waals surface area contributed by atoms with E-state index in [0.717, 1.165) is 74.1 Å². The van der Waals surface area contributed by atoms with Crippen LogP contribution in [0.15, 0.2) is 41.6 Å². The van der Waals surface area contributed by atoms with Crippen molar-refractivity contribution < 1.29 is 9.47 Å². The third kappa shape index (κ3) is 4.20. The summed E-state index contributed by atoms with van der Waals surface area (Å²) in [6.07, 6.45) is 11.6. The van der Waals surface area contributed by atoms with Crippen molar-refractivity contribution in [3.63, 3.8) is 0 Å². The summed E-state index contributed by atoms with van der Waals surface area (Å²) in [6.45, 7) is 1.76. The molecule has 9 nitrogen and oxygen atoms in total. The van der Waals surface area contributed by atoms with E-state index in [9.17, 15) is 4.79 Å². The SMILES string of the molecule is Cn1c(=O)cnc2cc(N3CC4CCC(C3)O4)cc(O[C@H]3CC[C@@H](Nc4ncccn4)CC3)c21. The molecule has 2 saturated heterocycles. The molecule has 6 rings (SSSR count). The van der Waals surface area contributed by atoms with E-state index in [1.807, 2.05) is 6.07 Å². The molecule has 0 radical (unpaired) electrons. The summed E-state index contributed by atoms with van der Waals surface area (Å²) >= 11 is 0. The summed E-state index contributed by atoms with van der Waals surface area (Å²) in [7, 11) is 1.79. The highest BCUT2D eigenvalue weighted by Gasteiger charge is 2.34. The molecular formula is C25H30N6O3. The van der Waals surface area contributed by atoms with Crippen LogP contribution >= 0.6 is 0 Å². The van der Waals surface area contributed by atoms with Gasteiger partial charge in [-0.2, -0.15) is 0 Å². The van der Waals surface area contributed by atoms with Gasteiger partial charge in [0.15, 0.2) is 0 Å². The molecule has 9 heteroatoms. The molecule has 1 N–H and O–H groups in total. The highest BCUT2D eigenvalue weighted by molar-refractivity contribution is 5.86. The lowest BCUT2D eigenvalue weighted by atomic mass is 9.93. The Labute approximate surface area is 198 Å². The number of fused-ring (bicyclic) bond motifs is 3. The number of anilines is 2. The number of benzene rings is 1. The molecule has 2 aromatic heterocycles. The van der Waals surface area contributed by atoms with Gasteiger partial charge in [0.2, 0.25) is 5.95 Å². The molecular weight excluding hydrogens is 432 g/mol. The molecule has 2 atom stereocenters. The Kier molecular flexibility index (Phi) is 5.57. The van der Waals surface area contributed by atoms with Crippen molar-refractivity contribution >= 4 is 22.7 Å². The van der Waals surface area contributed by atoms with Gasteiger partial charge in [-0.15, -0.1) is 0 Å². The standard InChI is InChI=1S/C25H30N6O3/c1-30-23(32)13-28-21-11-17(31-14-19-7-8-20(15-31)33-19)12-22(24(21)30)34-18-5-3-16(4-6-18)29-25-26-9-2-10-27-25/h2,9-13,16,18-20H,3-8,14-15H2,1H3,(H,26,27,29)/t16-,18+,19?,20?. The van der Waals surface area contributed by atoms with Crippen LogP contribution in [0.4, 0.5) is 11.6 Å². The molecule has 1 aromatic carbocycles. The van der Waals surface area contributed by atoms with Gasteiger partial charge in [0.05, 0.1) is 30.0 Å². The Bertz CT molecular complexity index is 1210. The van der Waals surface area contributed by atoms with Crippen LogP contribution < -0.4 is 20.5 Å². The molecule has 3 fully saturated rings. The average Bonchev–Trinajstić information content (AvgIpc) is 3.20. The van der Waals surface area contributed by atoms with Crippen molar-refractivity contribution in [3.8, 4) is 5.75 Å². The van der Waals surface area contributed by atoms with Gasteiger partial charge in [-0.25, -0.2) is 15.0 Å². The number of ether oxygens (including phenoxy) is 2. The number of hydrogen-bond donors (Lipinski definition) is 1. The summed E-state index contributed by atoms with van der Waals surface area (Å²) in [4.78, 5) is 27.8. The molecule has 34 heavy (non-hydrogen) atoms. The predicted octanol–water partition coefficient (Wildman–Crippen LogP) is 2.89. The van der Waals surface area contributed by atoms with Crippen molar-refractivity contribution in [2.24, 2.45) is 7.05 Å². The topological polar surface area (TPSA) is 94.4 Å². The lowest BCUT2D eigenvalue weighted by molar-refractivity contribution is 0.0305. The number of aryl methyl sites for hydroxylation is 1. The fraction of sp³-hybridized carbons (Fsp3) is 0.520. The minimum absolute atomic E-state index is 0.0874. The monoisotopic (exact) mass is 462 g/mol. The largest absolute Gasteiger partial charge is 0.488 e. The van der Waals surface area contributed by atoms with E-state index in [2.05, 4.69) is 37.3 Å². The third-order valence-corrected chi connectivity index (χ3v) is 7.30. The first-order chi connectivity index (χ1) is 16.6. The van der Waals surface area contributed by atoms with Crippen molar-refractivity contribution in [1.82, 2.24) is 19.5 Å². The zero-order valence-electron chi connectivity index (χ0n) is 19.4. The zero-order chi connectivity index (χ0) is 23.1. The fourth-order valence-corrected chi connectivity index (χ4v) is 5.49. The maximum absolute atomic E-state index is 12.4. The lowest BCUT2D eigenvalue weighted by Crippen LogP contribution is -2.42. The highest BCUT2D eigenvalue weighted by Crippen LogP contribution is 2.36. The van der Waals surface area contributed by atoms with Crippen molar-refractivity contribution in [2.45, 2.75) is 62.9 Å². The third-order valence-electron chi connectivity index (χ3n) is 7.30. The number of nitrogens with zero attached hydrogens (tertiary/aromatic N) is 5. The fourth-order valence-electron chi connectivity index (χ4n) is 5.49. The van der Waals surface area contributed by atoms with E-state index >= 15 is 0 Å². The molecule has 3 aliphatic rings. The second kappa shape index (κ2) is 8.87. The first-order valence-electron chi connectivity index (χ1n) is 12.2. The predicted molar refractivity (Wildman–Crippen MR) is 129 cm³/mol. The summed E-state index contributed by atoms with van der Waals surface area (Å²) in [6, 6.07) is 6.32. The summed E-state index contributed by atoms with van der Waals surface area (Å²) < 4.78 is 14.3. The molecule has 2 bridgehead atoms. The number of nitrogens with one attached hydrogen (secondary N) is 1. The molecule has 0 spiro atoms. The molecule has 2 unspecified atom stereocenters. The van der Waals surface area contributed by atoms with Crippen LogP contribution in [0.3, 0.4) is 0 Å². The van der Waals surface area contributed by atoms with Crippen LogP contribution in [0.5, 0.6) is 5.75 Å². The number of hydrogen-bond acceptors (Lipinski definition) is 8. The Morgan fingerprint density at radius 1 is 1.00 bits per heavy atom. The molecule has 178 valence electrons. The second-order valence-corrected chi connectivity index (χ2v) is 9.64. The minimum Gasteiger partial charge on any atom is -0.488 e. The smallest absolute Gasteiger partial charge is 0.269 e. The normalized spacial score (nSPS) is 26.6. The Hall–Kier alpha value is -3.20. The van der Waals surface area contributed by atoms with E-state index in [-0.39, 0.29) is 11.7 Å². The van der Waals surface area contributed by atoms with Gasteiger partial charge in [0, 0.05) is 50.3 Å². The molecule has 3 aromatic rings. The first kappa shape index (κ1) is 21.3. The van der Waals surface area contributed by atoms with Crippen molar-refractivity contribution in [1.29, 1.82) is 0 Å². The van der Waals surface area contributed by atoms with Crippen LogP contribution in [0, 0.1) is 0 Å². The molecule has 2 aliphatic heterocycles. The van der Waals surface area contributed by atoms with Crippen LogP contribution in [0.2, 0.25) is 0 Å². The Morgan fingerprint density at radius 2 is 1.74 bits per heavy atom.